The maximum Gasteiger partial charge on any atom is 0.233 e. The Balaban J connectivity index is 1.63. The topological polar surface area (TPSA) is 75.3 Å². The molecule has 0 saturated heterocycles. The molecule has 0 amide bonds. The SMILES string of the molecule is CCC1c2nnc(C)n2-c2cnc(N3CCN=C3c3ccccc3)nc2N1C(C)C. The molecule has 0 bridgehead atoms. The number of aryl methyl sites for hydroxylation is 1. The Morgan fingerprint density at radius 1 is 1.13 bits per heavy atom. The molecule has 0 aliphatic carbocycles. The van der Waals surface area contributed by atoms with E-state index in [4.69, 9.17) is 15.0 Å². The van der Waals surface area contributed by atoms with E-state index in [-0.39, 0.29) is 12.1 Å². The lowest BCUT2D eigenvalue weighted by Crippen LogP contribution is -2.41. The molecule has 5 rings (SSSR count). The smallest absolute Gasteiger partial charge is 0.233 e. The molecule has 1 unspecified atom stereocenters. The highest BCUT2D eigenvalue weighted by Crippen LogP contribution is 2.40. The van der Waals surface area contributed by atoms with Crippen LogP contribution in [0.15, 0.2) is 41.5 Å². The van der Waals surface area contributed by atoms with E-state index >= 15 is 0 Å². The van der Waals surface area contributed by atoms with Gasteiger partial charge in [0, 0.05) is 18.2 Å². The van der Waals surface area contributed by atoms with Crippen molar-refractivity contribution < 1.29 is 0 Å². The van der Waals surface area contributed by atoms with Crippen molar-refractivity contribution in [3.8, 4) is 5.69 Å². The molecule has 1 aromatic carbocycles. The van der Waals surface area contributed by atoms with Gasteiger partial charge in [-0.25, -0.2) is 4.98 Å². The van der Waals surface area contributed by atoms with Crippen molar-refractivity contribution in [1.82, 2.24) is 24.7 Å². The van der Waals surface area contributed by atoms with Gasteiger partial charge in [-0.3, -0.25) is 14.5 Å². The first-order valence-corrected chi connectivity index (χ1v) is 10.5. The van der Waals surface area contributed by atoms with E-state index in [2.05, 4.69) is 57.5 Å². The van der Waals surface area contributed by atoms with Gasteiger partial charge >= 0.3 is 0 Å². The van der Waals surface area contributed by atoms with Gasteiger partial charge in [0.15, 0.2) is 11.6 Å². The van der Waals surface area contributed by atoms with Gasteiger partial charge in [0.1, 0.15) is 17.3 Å². The molecule has 0 saturated carbocycles. The summed E-state index contributed by atoms with van der Waals surface area (Å²) in [6.07, 6.45) is 2.83. The van der Waals surface area contributed by atoms with Gasteiger partial charge in [0.05, 0.1) is 18.8 Å². The molecule has 0 fully saturated rings. The fourth-order valence-electron chi connectivity index (χ4n) is 4.46. The Hall–Kier alpha value is -3.29. The number of hydrogen-bond acceptors (Lipinski definition) is 7. The van der Waals surface area contributed by atoms with Crippen LogP contribution < -0.4 is 9.80 Å². The highest BCUT2D eigenvalue weighted by Gasteiger charge is 2.37. The van der Waals surface area contributed by atoms with E-state index in [0.717, 1.165) is 54.1 Å². The van der Waals surface area contributed by atoms with Gasteiger partial charge in [0.2, 0.25) is 5.95 Å². The van der Waals surface area contributed by atoms with Gasteiger partial charge in [-0.1, -0.05) is 37.3 Å². The van der Waals surface area contributed by atoms with Crippen LogP contribution in [-0.2, 0) is 0 Å². The molecule has 3 aromatic rings. The Morgan fingerprint density at radius 2 is 1.93 bits per heavy atom. The number of rotatable bonds is 4. The number of aliphatic imine (C=N–C) groups is 1. The second-order valence-corrected chi connectivity index (χ2v) is 7.97. The van der Waals surface area contributed by atoms with Crippen molar-refractivity contribution in [2.75, 3.05) is 22.9 Å². The van der Waals surface area contributed by atoms with E-state index in [9.17, 15) is 0 Å². The summed E-state index contributed by atoms with van der Waals surface area (Å²) in [6.45, 7) is 10.1. The lowest BCUT2D eigenvalue weighted by Gasteiger charge is -2.40. The summed E-state index contributed by atoms with van der Waals surface area (Å²) in [5.41, 5.74) is 2.02. The summed E-state index contributed by atoms with van der Waals surface area (Å²) in [5, 5.41) is 8.82. The summed E-state index contributed by atoms with van der Waals surface area (Å²) in [7, 11) is 0. The van der Waals surface area contributed by atoms with Crippen molar-refractivity contribution in [3.63, 3.8) is 0 Å². The van der Waals surface area contributed by atoms with Gasteiger partial charge in [0.25, 0.3) is 0 Å². The number of amidine groups is 1. The summed E-state index contributed by atoms with van der Waals surface area (Å²) >= 11 is 0. The predicted molar refractivity (Wildman–Crippen MR) is 118 cm³/mol. The third-order valence-corrected chi connectivity index (χ3v) is 5.76. The zero-order chi connectivity index (χ0) is 20.8. The molecule has 2 aliphatic heterocycles. The van der Waals surface area contributed by atoms with Crippen LogP contribution in [0.5, 0.6) is 0 Å². The molecule has 30 heavy (non-hydrogen) atoms. The first-order chi connectivity index (χ1) is 14.6. The fourth-order valence-corrected chi connectivity index (χ4v) is 4.46. The molecular formula is C22H26N8. The minimum atomic E-state index is 0.127. The second kappa shape index (κ2) is 7.19. The van der Waals surface area contributed by atoms with Gasteiger partial charge in [-0.15, -0.1) is 10.2 Å². The average Bonchev–Trinajstić information content (AvgIpc) is 3.40. The highest BCUT2D eigenvalue weighted by molar-refractivity contribution is 6.10. The summed E-state index contributed by atoms with van der Waals surface area (Å²) in [6, 6.07) is 10.6. The number of fused-ring (bicyclic) bond motifs is 3. The standard InChI is InChI=1S/C22H26N8/c1-5-17-21-27-26-15(4)30(21)18-13-24-22(25-20(18)29(17)14(2)3)28-12-11-23-19(28)16-9-7-6-8-10-16/h6-10,13-14,17H,5,11-12H2,1-4H3. The number of anilines is 2. The van der Waals surface area contributed by atoms with Crippen LogP contribution in [-0.4, -0.2) is 49.7 Å². The number of nitrogens with zero attached hydrogens (tertiary/aromatic N) is 8. The Bertz CT molecular complexity index is 1100. The molecule has 0 N–H and O–H groups in total. The molecule has 8 heteroatoms. The normalized spacial score (nSPS) is 17.9. The van der Waals surface area contributed by atoms with E-state index in [1.807, 2.05) is 31.3 Å². The minimum Gasteiger partial charge on any atom is -0.342 e. The van der Waals surface area contributed by atoms with E-state index < -0.39 is 0 Å². The molecule has 154 valence electrons. The Morgan fingerprint density at radius 3 is 2.67 bits per heavy atom. The van der Waals surface area contributed by atoms with Crippen LogP contribution in [0.4, 0.5) is 11.8 Å². The van der Waals surface area contributed by atoms with Gasteiger partial charge < -0.3 is 4.90 Å². The minimum absolute atomic E-state index is 0.127. The van der Waals surface area contributed by atoms with Crippen LogP contribution in [0.2, 0.25) is 0 Å². The van der Waals surface area contributed by atoms with Crippen molar-refractivity contribution >= 4 is 17.6 Å². The molecule has 8 nitrogen and oxygen atoms in total. The molecule has 0 spiro atoms. The zero-order valence-electron chi connectivity index (χ0n) is 17.8. The second-order valence-electron chi connectivity index (χ2n) is 7.97. The van der Waals surface area contributed by atoms with E-state index in [0.29, 0.717) is 5.95 Å². The van der Waals surface area contributed by atoms with Gasteiger partial charge in [-0.05, 0) is 27.2 Å². The zero-order valence-corrected chi connectivity index (χ0v) is 17.8. The molecule has 1 atom stereocenters. The number of hydrogen-bond donors (Lipinski definition) is 0. The van der Waals surface area contributed by atoms with E-state index in [1.54, 1.807) is 0 Å². The van der Waals surface area contributed by atoms with Crippen LogP contribution in [0.3, 0.4) is 0 Å². The van der Waals surface area contributed by atoms with Crippen molar-refractivity contribution in [2.45, 2.75) is 46.2 Å². The first-order valence-electron chi connectivity index (χ1n) is 10.5. The van der Waals surface area contributed by atoms with Crippen molar-refractivity contribution in [2.24, 2.45) is 4.99 Å². The predicted octanol–water partition coefficient (Wildman–Crippen LogP) is 3.31. The lowest BCUT2D eigenvalue weighted by atomic mass is 10.1. The van der Waals surface area contributed by atoms with Crippen LogP contribution in [0, 0.1) is 6.92 Å². The molecule has 0 radical (unpaired) electrons. The maximum absolute atomic E-state index is 5.08. The quantitative estimate of drug-likeness (QED) is 0.666. The summed E-state index contributed by atoms with van der Waals surface area (Å²) < 4.78 is 2.10. The highest BCUT2D eigenvalue weighted by atomic mass is 15.4. The van der Waals surface area contributed by atoms with Crippen LogP contribution in [0.1, 0.15) is 50.4 Å². The Kier molecular flexibility index (Phi) is 4.49. The van der Waals surface area contributed by atoms with Crippen molar-refractivity contribution in [1.29, 1.82) is 0 Å². The average molecular weight is 403 g/mol. The van der Waals surface area contributed by atoms with E-state index in [1.165, 1.54) is 0 Å². The largest absolute Gasteiger partial charge is 0.342 e. The molecular weight excluding hydrogens is 376 g/mol. The maximum atomic E-state index is 5.08. The van der Waals surface area contributed by atoms with Crippen LogP contribution >= 0.6 is 0 Å². The third-order valence-electron chi connectivity index (χ3n) is 5.76. The number of aromatic nitrogens is 5. The van der Waals surface area contributed by atoms with Crippen LogP contribution in [0.25, 0.3) is 5.69 Å². The molecule has 2 aliphatic rings. The first kappa shape index (κ1) is 18.7. The Labute approximate surface area is 176 Å². The summed E-state index contributed by atoms with van der Waals surface area (Å²) in [4.78, 5) is 19.0. The fraction of sp³-hybridized carbons (Fsp3) is 0.409. The third kappa shape index (κ3) is 2.78. The molecule has 2 aromatic heterocycles. The molecule has 4 heterocycles. The van der Waals surface area contributed by atoms with Gasteiger partial charge in [-0.2, -0.15) is 4.98 Å². The van der Waals surface area contributed by atoms with Crippen molar-refractivity contribution in [3.05, 3.63) is 53.7 Å². The number of benzene rings is 1. The summed E-state index contributed by atoms with van der Waals surface area (Å²) in [5.74, 6) is 4.35. The monoisotopic (exact) mass is 402 g/mol. The lowest BCUT2D eigenvalue weighted by molar-refractivity contribution is 0.496.